The van der Waals surface area contributed by atoms with Crippen LogP contribution < -0.4 is 5.32 Å². The van der Waals surface area contributed by atoms with E-state index in [4.69, 9.17) is 19.4 Å². The first kappa shape index (κ1) is 28.5. The van der Waals surface area contributed by atoms with Crippen LogP contribution >= 0.6 is 0 Å². The third-order valence-electron chi connectivity index (χ3n) is 6.34. The van der Waals surface area contributed by atoms with Crippen LogP contribution in [0.2, 0.25) is 0 Å². The first-order valence-corrected chi connectivity index (χ1v) is 12.6. The highest BCUT2D eigenvalue weighted by molar-refractivity contribution is 5.98. The Hall–Kier alpha value is -4.06. The van der Waals surface area contributed by atoms with Crippen molar-refractivity contribution in [2.75, 3.05) is 20.3 Å². The van der Waals surface area contributed by atoms with Crippen LogP contribution in [0.15, 0.2) is 66.7 Å². The smallest absolute Gasteiger partial charge is 0.373 e. The molecule has 0 bridgehead atoms. The molecule has 0 saturated carbocycles. The molecule has 0 unspecified atom stereocenters. The summed E-state index contributed by atoms with van der Waals surface area (Å²) in [6.45, 7) is 10.7. The van der Waals surface area contributed by atoms with Gasteiger partial charge in [-0.25, -0.2) is 0 Å². The number of nitrogens with zero attached hydrogens (tertiary/aromatic N) is 2. The average molecular weight is 514 g/mol. The summed E-state index contributed by atoms with van der Waals surface area (Å²) < 4.78 is 7.06. The molecule has 1 N–H and O–H groups in total. The van der Waals surface area contributed by atoms with Gasteiger partial charge in [-0.05, 0) is 59.2 Å². The minimum atomic E-state index is -0.0683. The summed E-state index contributed by atoms with van der Waals surface area (Å²) in [5, 5.41) is 8.72. The van der Waals surface area contributed by atoms with Crippen molar-refractivity contribution in [3.8, 4) is 11.1 Å². The Kier molecular flexibility index (Phi) is 9.72. The van der Waals surface area contributed by atoms with Gasteiger partial charge in [-0.1, -0.05) is 69.3 Å². The maximum absolute atomic E-state index is 12.5. The number of nitrogens with one attached hydrogen (secondary N) is 1. The topological polar surface area (TPSA) is 90.3 Å². The SMILES string of the molecule is COCCCNC(=O)c1ccc2c(c1)c(C)nn2Cc1ccc(-c2ccccc2C(C)(C)C)cc1.O=C=O. The van der Waals surface area contributed by atoms with Gasteiger partial charge in [0, 0.05) is 31.2 Å². The van der Waals surface area contributed by atoms with Crippen molar-refractivity contribution in [2.45, 2.75) is 46.1 Å². The van der Waals surface area contributed by atoms with Gasteiger partial charge in [0.05, 0.1) is 17.8 Å². The molecule has 4 aromatic rings. The summed E-state index contributed by atoms with van der Waals surface area (Å²) in [6.07, 6.45) is 1.04. The maximum atomic E-state index is 12.5. The fourth-order valence-corrected chi connectivity index (χ4v) is 4.47. The lowest BCUT2D eigenvalue weighted by Crippen LogP contribution is -2.25. The first-order valence-electron chi connectivity index (χ1n) is 12.6. The van der Waals surface area contributed by atoms with E-state index in [1.165, 1.54) is 22.3 Å². The van der Waals surface area contributed by atoms with Gasteiger partial charge in [0.25, 0.3) is 5.91 Å². The molecule has 7 nitrogen and oxygen atoms in total. The highest BCUT2D eigenvalue weighted by Gasteiger charge is 2.18. The van der Waals surface area contributed by atoms with E-state index < -0.39 is 0 Å². The van der Waals surface area contributed by atoms with Crippen LogP contribution in [0.3, 0.4) is 0 Å². The fraction of sp³-hybridized carbons (Fsp3) is 0.323. The Labute approximate surface area is 223 Å². The lowest BCUT2D eigenvalue weighted by Gasteiger charge is -2.23. The van der Waals surface area contributed by atoms with Crippen molar-refractivity contribution >= 4 is 23.0 Å². The van der Waals surface area contributed by atoms with Crippen molar-refractivity contribution in [1.82, 2.24) is 15.1 Å². The number of rotatable bonds is 8. The number of aromatic nitrogens is 2. The number of carbonyl (C=O) groups is 1. The number of hydrogen-bond donors (Lipinski definition) is 1. The summed E-state index contributed by atoms with van der Waals surface area (Å²) in [5.74, 6) is -0.0683. The molecule has 1 aromatic heterocycles. The number of benzene rings is 3. The predicted octanol–water partition coefficient (Wildman–Crippen LogP) is 5.54. The minimum Gasteiger partial charge on any atom is -0.385 e. The Morgan fingerprint density at radius 2 is 1.71 bits per heavy atom. The van der Waals surface area contributed by atoms with E-state index in [1.54, 1.807) is 7.11 Å². The van der Waals surface area contributed by atoms with Gasteiger partial charge in [-0.15, -0.1) is 0 Å². The number of carbonyl (C=O) groups excluding carboxylic acids is 3. The van der Waals surface area contributed by atoms with Crippen LogP contribution in [0.5, 0.6) is 0 Å². The Balaban J connectivity index is 0.00000127. The number of fused-ring (bicyclic) bond motifs is 1. The first-order chi connectivity index (χ1) is 18.2. The quantitative estimate of drug-likeness (QED) is 0.313. The molecule has 1 heterocycles. The summed E-state index contributed by atoms with van der Waals surface area (Å²) >= 11 is 0. The second kappa shape index (κ2) is 13.0. The van der Waals surface area contributed by atoms with Crippen LogP contribution in [0.4, 0.5) is 0 Å². The zero-order chi connectivity index (χ0) is 27.7. The molecule has 7 heteroatoms. The Morgan fingerprint density at radius 1 is 1.03 bits per heavy atom. The van der Waals surface area contributed by atoms with E-state index in [0.717, 1.165) is 23.0 Å². The standard InChI is InChI=1S/C30H35N3O2.CO2/c1-21-26-19-24(29(34)31-17-8-18-35-5)15-16-28(26)33(32-21)20-22-11-13-23(14-12-22)25-9-6-7-10-27(25)30(2,3)4;2-1-3/h6-7,9-16,19H,8,17-18,20H2,1-5H3,(H,31,34);. The van der Waals surface area contributed by atoms with Crippen LogP contribution in [0.1, 0.15) is 54.4 Å². The molecule has 1 amide bonds. The van der Waals surface area contributed by atoms with Crippen LogP contribution in [0.25, 0.3) is 22.0 Å². The molecule has 198 valence electrons. The summed E-state index contributed by atoms with van der Waals surface area (Å²) in [5.41, 5.74) is 7.72. The predicted molar refractivity (Wildman–Crippen MR) is 148 cm³/mol. The number of hydrogen-bond acceptors (Lipinski definition) is 5. The van der Waals surface area contributed by atoms with Gasteiger partial charge < -0.3 is 10.1 Å². The fourth-order valence-electron chi connectivity index (χ4n) is 4.47. The third kappa shape index (κ3) is 7.03. The second-order valence-electron chi connectivity index (χ2n) is 10.2. The molecular formula is C31H35N3O4. The Bertz CT molecular complexity index is 1410. The van der Waals surface area contributed by atoms with Crippen molar-refractivity contribution in [1.29, 1.82) is 0 Å². The van der Waals surface area contributed by atoms with E-state index in [-0.39, 0.29) is 17.5 Å². The van der Waals surface area contributed by atoms with E-state index in [0.29, 0.717) is 25.3 Å². The molecule has 38 heavy (non-hydrogen) atoms. The normalized spacial score (nSPS) is 11.0. The largest absolute Gasteiger partial charge is 0.385 e. The Morgan fingerprint density at radius 3 is 2.37 bits per heavy atom. The van der Waals surface area contributed by atoms with E-state index in [2.05, 4.69) is 74.6 Å². The lowest BCUT2D eigenvalue weighted by molar-refractivity contribution is -0.191. The molecule has 0 radical (unpaired) electrons. The van der Waals surface area contributed by atoms with Crippen LogP contribution in [-0.4, -0.2) is 42.1 Å². The molecule has 0 atom stereocenters. The highest BCUT2D eigenvalue weighted by atomic mass is 16.5. The molecule has 0 aliphatic heterocycles. The number of ether oxygens (including phenoxy) is 1. The summed E-state index contributed by atoms with van der Waals surface area (Å²) in [6, 6.07) is 23.2. The molecule has 0 spiro atoms. The van der Waals surface area contributed by atoms with Crippen LogP contribution in [0, 0.1) is 6.92 Å². The zero-order valence-corrected chi connectivity index (χ0v) is 22.7. The summed E-state index contributed by atoms with van der Waals surface area (Å²) in [4.78, 5) is 28.8. The van der Waals surface area contributed by atoms with Gasteiger partial charge >= 0.3 is 6.15 Å². The van der Waals surface area contributed by atoms with E-state index in [1.807, 2.05) is 29.8 Å². The van der Waals surface area contributed by atoms with Gasteiger partial charge in [0.2, 0.25) is 0 Å². The number of aryl methyl sites for hydroxylation is 1. The molecule has 0 saturated heterocycles. The highest BCUT2D eigenvalue weighted by Crippen LogP contribution is 2.33. The number of methoxy groups -OCH3 is 1. The van der Waals surface area contributed by atoms with E-state index in [9.17, 15) is 4.79 Å². The van der Waals surface area contributed by atoms with Crippen molar-refractivity contribution in [3.63, 3.8) is 0 Å². The van der Waals surface area contributed by atoms with E-state index >= 15 is 0 Å². The molecule has 3 aromatic carbocycles. The third-order valence-corrected chi connectivity index (χ3v) is 6.34. The zero-order valence-electron chi connectivity index (χ0n) is 22.7. The average Bonchev–Trinajstić information content (AvgIpc) is 3.21. The second-order valence-corrected chi connectivity index (χ2v) is 10.2. The monoisotopic (exact) mass is 513 g/mol. The van der Waals surface area contributed by atoms with Gasteiger partial charge in [-0.3, -0.25) is 9.48 Å². The van der Waals surface area contributed by atoms with Gasteiger partial charge in [0.15, 0.2) is 0 Å². The lowest BCUT2D eigenvalue weighted by atomic mass is 9.82. The number of amides is 1. The van der Waals surface area contributed by atoms with Crippen LogP contribution in [-0.2, 0) is 26.3 Å². The maximum Gasteiger partial charge on any atom is 0.373 e. The molecule has 0 fully saturated rings. The van der Waals surface area contributed by atoms with Gasteiger partial charge in [0.1, 0.15) is 0 Å². The molecular weight excluding hydrogens is 478 g/mol. The van der Waals surface area contributed by atoms with Crippen molar-refractivity contribution in [3.05, 3.63) is 89.1 Å². The molecule has 0 aliphatic rings. The van der Waals surface area contributed by atoms with Crippen molar-refractivity contribution in [2.24, 2.45) is 0 Å². The van der Waals surface area contributed by atoms with Gasteiger partial charge in [-0.2, -0.15) is 14.7 Å². The summed E-state index contributed by atoms with van der Waals surface area (Å²) in [7, 11) is 1.66. The van der Waals surface area contributed by atoms with Crippen molar-refractivity contribution < 1.29 is 19.1 Å². The molecule has 0 aliphatic carbocycles. The molecule has 4 rings (SSSR count). The minimum absolute atomic E-state index is 0.0683.